The van der Waals surface area contributed by atoms with Crippen molar-refractivity contribution >= 4 is 53.4 Å². The summed E-state index contributed by atoms with van der Waals surface area (Å²) in [5.74, 6) is 1.32. The Morgan fingerprint density at radius 3 is 1.41 bits per heavy atom. The topological polar surface area (TPSA) is 142 Å². The van der Waals surface area contributed by atoms with Gasteiger partial charge in [0.1, 0.15) is 29.0 Å². The number of rotatable bonds is 11. The average Bonchev–Trinajstić information content (AvgIpc) is 3.93. The molecule has 2 aliphatic heterocycles. The molecule has 2 saturated heterocycles. The molecule has 4 heterocycles. The summed E-state index contributed by atoms with van der Waals surface area (Å²) in [7, 11) is -5.70. The van der Waals surface area contributed by atoms with Gasteiger partial charge in [-0.25, -0.2) is 35.6 Å². The first-order valence-electron chi connectivity index (χ1n) is 19.6. The highest BCUT2D eigenvalue weighted by Gasteiger charge is 2.36. The molecule has 0 spiro atoms. The van der Waals surface area contributed by atoms with Crippen LogP contribution in [0.15, 0.2) is 107 Å². The van der Waals surface area contributed by atoms with Crippen molar-refractivity contribution in [2.75, 3.05) is 56.2 Å². The van der Waals surface area contributed by atoms with E-state index in [-0.39, 0.29) is 27.7 Å². The summed E-state index contributed by atoms with van der Waals surface area (Å²) in [6, 6.07) is 25.6. The van der Waals surface area contributed by atoms with Gasteiger partial charge in [-0.3, -0.25) is 0 Å². The van der Waals surface area contributed by atoms with Gasteiger partial charge in [0.2, 0.25) is 30.3 Å². The van der Waals surface area contributed by atoms with Crippen molar-refractivity contribution in [1.82, 2.24) is 27.3 Å². The number of aromatic nitrogens is 4. The number of anilines is 2. The summed E-state index contributed by atoms with van der Waals surface area (Å²) in [5, 5.41) is 1.58. The van der Waals surface area contributed by atoms with E-state index in [0.717, 1.165) is 33.8 Å². The highest BCUT2D eigenvalue weighted by molar-refractivity contribution is 7.89. The van der Waals surface area contributed by atoms with E-state index in [1.54, 1.807) is 47.8 Å². The molecule has 13 nitrogen and oxygen atoms in total. The molecule has 2 aliphatic rings. The van der Waals surface area contributed by atoms with Gasteiger partial charge in [-0.2, -0.15) is 17.4 Å². The lowest BCUT2D eigenvalue weighted by atomic mass is 10.1. The Bertz CT molecular complexity index is 2610. The highest BCUT2D eigenvalue weighted by Crippen LogP contribution is 2.29. The number of piperazine rings is 2. The fourth-order valence-electron chi connectivity index (χ4n) is 7.13. The molecule has 0 bridgehead atoms. The van der Waals surface area contributed by atoms with E-state index >= 15 is 0 Å². The molecule has 0 radical (unpaired) electrons. The largest absolute Gasteiger partial charge is 0.497 e. The standard InChI is InChI=1S/C22H26N4O3S2.C20H20F2N4O2S2/c1-16-4-6-18(7-5-16)14-21-23-22(30-24-21)25-12-13-26(17(2)15-25)31(27,28)20-10-8-19(29-3)9-11-20;1-14-13-25(10-11-26(14)30(27,28)18-8-6-17(22)7-9-18)20-23-19(24-29-20)12-15-2-4-16(21)5-3-15/h4-11,17H,12-15H2,1-3H3;2-9,14H,10-13H2,1H3. The lowest BCUT2D eigenvalue weighted by molar-refractivity contribution is 0.306. The number of hydrogen-bond acceptors (Lipinski definition) is 13. The van der Waals surface area contributed by atoms with Crippen molar-refractivity contribution in [3.8, 4) is 5.75 Å². The van der Waals surface area contributed by atoms with Crippen LogP contribution in [0.2, 0.25) is 0 Å². The van der Waals surface area contributed by atoms with Gasteiger partial charge in [-0.05, 0) is 92.6 Å². The van der Waals surface area contributed by atoms with Crippen molar-refractivity contribution in [3.05, 3.63) is 137 Å². The van der Waals surface area contributed by atoms with Crippen molar-refractivity contribution in [3.63, 3.8) is 0 Å². The first-order chi connectivity index (χ1) is 29.2. The molecule has 0 amide bonds. The lowest BCUT2D eigenvalue weighted by Gasteiger charge is -2.38. The summed E-state index contributed by atoms with van der Waals surface area (Å²) in [6.45, 7) is 8.67. The number of aryl methyl sites for hydroxylation is 1. The van der Waals surface area contributed by atoms with Crippen molar-refractivity contribution in [1.29, 1.82) is 0 Å². The predicted octanol–water partition coefficient (Wildman–Crippen LogP) is 6.65. The Labute approximate surface area is 363 Å². The van der Waals surface area contributed by atoms with Gasteiger partial charge >= 0.3 is 0 Å². The maximum Gasteiger partial charge on any atom is 0.243 e. The van der Waals surface area contributed by atoms with Crippen LogP contribution in [0.25, 0.3) is 0 Å². The zero-order valence-corrected chi connectivity index (χ0v) is 37.3. The van der Waals surface area contributed by atoms with Crippen LogP contribution in [-0.2, 0) is 32.9 Å². The van der Waals surface area contributed by atoms with Crippen LogP contribution in [0.5, 0.6) is 5.75 Å². The zero-order chi connectivity index (χ0) is 43.3. The van der Waals surface area contributed by atoms with E-state index in [0.29, 0.717) is 63.7 Å². The van der Waals surface area contributed by atoms with Gasteiger partial charge in [-0.1, -0.05) is 42.0 Å². The second-order valence-corrected chi connectivity index (χ2v) is 20.1. The molecule has 61 heavy (non-hydrogen) atoms. The molecule has 0 saturated carbocycles. The van der Waals surface area contributed by atoms with Crippen molar-refractivity contribution < 1.29 is 30.4 Å². The highest BCUT2D eigenvalue weighted by atomic mass is 32.2. The quantitative estimate of drug-likeness (QED) is 0.138. The van der Waals surface area contributed by atoms with E-state index in [2.05, 4.69) is 49.8 Å². The molecule has 8 rings (SSSR count). The van der Waals surface area contributed by atoms with Gasteiger partial charge in [0.25, 0.3) is 0 Å². The van der Waals surface area contributed by atoms with Crippen LogP contribution in [0.4, 0.5) is 19.0 Å². The lowest BCUT2D eigenvalue weighted by Crippen LogP contribution is -2.54. The van der Waals surface area contributed by atoms with Gasteiger partial charge in [0, 0.05) is 87.3 Å². The molecule has 322 valence electrons. The second-order valence-electron chi connectivity index (χ2n) is 14.9. The van der Waals surface area contributed by atoms with Gasteiger partial charge < -0.3 is 14.5 Å². The molecule has 4 aromatic carbocycles. The van der Waals surface area contributed by atoms with Crippen LogP contribution in [0.1, 0.15) is 42.2 Å². The fraction of sp³-hybridized carbons (Fsp3) is 0.333. The normalized spacial score (nSPS) is 17.8. The maximum atomic E-state index is 13.1. The van der Waals surface area contributed by atoms with Gasteiger partial charge in [0.15, 0.2) is 0 Å². The Morgan fingerprint density at radius 2 is 1.00 bits per heavy atom. The van der Waals surface area contributed by atoms with E-state index in [1.807, 2.05) is 18.7 Å². The minimum Gasteiger partial charge on any atom is -0.497 e. The molecule has 2 unspecified atom stereocenters. The number of sulfonamides is 2. The van der Waals surface area contributed by atoms with Crippen LogP contribution in [0.3, 0.4) is 0 Å². The third-order valence-corrected chi connectivity index (χ3v) is 16.1. The van der Waals surface area contributed by atoms with E-state index in [4.69, 9.17) is 9.72 Å². The van der Waals surface area contributed by atoms with Gasteiger partial charge in [-0.15, -0.1) is 0 Å². The Kier molecular flexibility index (Phi) is 13.7. The van der Waals surface area contributed by atoms with E-state index in [9.17, 15) is 25.6 Å². The Morgan fingerprint density at radius 1 is 0.607 bits per heavy atom. The monoisotopic (exact) mass is 908 g/mol. The van der Waals surface area contributed by atoms with Crippen LogP contribution in [0, 0.1) is 18.6 Å². The zero-order valence-electron chi connectivity index (χ0n) is 34.1. The molecule has 2 fully saturated rings. The molecular formula is C42H46F2N8O5S4. The number of benzene rings is 4. The maximum absolute atomic E-state index is 13.1. The Hall–Kier alpha value is -4.92. The average molecular weight is 909 g/mol. The number of nitrogens with zero attached hydrogens (tertiary/aromatic N) is 8. The third-order valence-electron chi connectivity index (χ3n) is 10.4. The molecular weight excluding hydrogens is 863 g/mol. The number of hydrogen-bond donors (Lipinski definition) is 0. The molecule has 2 aromatic heterocycles. The molecule has 6 aromatic rings. The summed E-state index contributed by atoms with van der Waals surface area (Å²) in [5.41, 5.74) is 3.33. The van der Waals surface area contributed by atoms with Crippen LogP contribution in [-0.4, -0.2) is 103 Å². The predicted molar refractivity (Wildman–Crippen MR) is 234 cm³/mol. The van der Waals surface area contributed by atoms with E-state index < -0.39 is 25.9 Å². The van der Waals surface area contributed by atoms with Gasteiger partial charge in [0.05, 0.1) is 16.9 Å². The number of halogens is 2. The smallest absolute Gasteiger partial charge is 0.243 e. The van der Waals surface area contributed by atoms with Crippen LogP contribution < -0.4 is 14.5 Å². The second kappa shape index (κ2) is 19.0. The Balaban J connectivity index is 0.000000184. The summed E-state index contributed by atoms with van der Waals surface area (Å²) < 4.78 is 95.3. The van der Waals surface area contributed by atoms with E-state index in [1.165, 1.54) is 62.8 Å². The van der Waals surface area contributed by atoms with Crippen molar-refractivity contribution in [2.24, 2.45) is 0 Å². The van der Waals surface area contributed by atoms with Crippen LogP contribution >= 0.6 is 23.1 Å². The molecule has 0 N–H and O–H groups in total. The summed E-state index contributed by atoms with van der Waals surface area (Å²) >= 11 is 2.64. The third kappa shape index (κ3) is 10.6. The SMILES string of the molecule is CC1CN(c2nc(Cc3ccc(F)cc3)ns2)CCN1S(=O)(=O)c1ccc(F)cc1.COc1ccc(S(=O)(=O)N2CCN(c3nc(Cc4ccc(C)cc4)ns3)CC2C)cc1. The summed E-state index contributed by atoms with van der Waals surface area (Å²) in [6.07, 6.45) is 1.20. The van der Waals surface area contributed by atoms with Crippen molar-refractivity contribution in [2.45, 2.75) is 55.5 Å². The minimum atomic E-state index is -3.70. The summed E-state index contributed by atoms with van der Waals surface area (Å²) in [4.78, 5) is 13.8. The first-order valence-corrected chi connectivity index (χ1v) is 24.0. The minimum absolute atomic E-state index is 0.0849. The fourth-order valence-corrected chi connectivity index (χ4v) is 11.8. The number of ether oxygens (including phenoxy) is 1. The molecule has 0 aliphatic carbocycles. The number of methoxy groups -OCH3 is 1. The first kappa shape index (κ1) is 44.1. The molecule has 2 atom stereocenters. The molecule has 19 heteroatoms.